The van der Waals surface area contributed by atoms with Gasteiger partial charge in [0.25, 0.3) is 0 Å². The molecule has 0 saturated heterocycles. The molecule has 102 valence electrons. The van der Waals surface area contributed by atoms with Crippen molar-refractivity contribution >= 4 is 17.6 Å². The predicted octanol–water partition coefficient (Wildman–Crippen LogP) is 2.74. The Labute approximate surface area is 112 Å². The van der Waals surface area contributed by atoms with Crippen molar-refractivity contribution in [3.63, 3.8) is 0 Å². The van der Waals surface area contributed by atoms with Crippen molar-refractivity contribution in [1.29, 1.82) is 0 Å². The van der Waals surface area contributed by atoms with Crippen LogP contribution in [0.4, 0.5) is 5.69 Å². The first-order valence-electron chi connectivity index (χ1n) is 6.60. The summed E-state index contributed by atoms with van der Waals surface area (Å²) in [6.07, 6.45) is 2.07. The zero-order valence-electron chi connectivity index (χ0n) is 11.3. The summed E-state index contributed by atoms with van der Waals surface area (Å²) >= 11 is 0. The number of hydrogen-bond donors (Lipinski definition) is 2. The van der Waals surface area contributed by atoms with Crippen LogP contribution in [0.15, 0.2) is 18.2 Å². The summed E-state index contributed by atoms with van der Waals surface area (Å²) < 4.78 is 0. The molecule has 1 aromatic rings. The number of benzene rings is 1. The maximum atomic E-state index is 12.2. The second-order valence-electron chi connectivity index (χ2n) is 5.22. The van der Waals surface area contributed by atoms with E-state index in [9.17, 15) is 9.59 Å². The molecule has 19 heavy (non-hydrogen) atoms. The maximum absolute atomic E-state index is 12.2. The summed E-state index contributed by atoms with van der Waals surface area (Å²) in [4.78, 5) is 23.3. The lowest BCUT2D eigenvalue weighted by Gasteiger charge is -2.17. The van der Waals surface area contributed by atoms with E-state index in [-0.39, 0.29) is 5.91 Å². The summed E-state index contributed by atoms with van der Waals surface area (Å²) in [7, 11) is 0. The fraction of sp³-hybridized carbons (Fsp3) is 0.467. The second kappa shape index (κ2) is 5.43. The molecule has 1 aromatic carbocycles. The standard InChI is InChI=1S/C15H19NO3/c1-9-5-3-8-13(10(9)2)16-14(17)11-6-4-7-12(11)15(18)19/h3,5,8,11-12H,4,6-7H2,1-2H3,(H,16,17)(H,18,19). The van der Waals surface area contributed by atoms with E-state index < -0.39 is 17.8 Å². The molecule has 2 atom stereocenters. The quantitative estimate of drug-likeness (QED) is 0.879. The number of carboxylic acid groups (broad SMARTS) is 1. The molecule has 0 radical (unpaired) electrons. The van der Waals surface area contributed by atoms with Gasteiger partial charge in [-0.3, -0.25) is 9.59 Å². The Morgan fingerprint density at radius 3 is 2.58 bits per heavy atom. The smallest absolute Gasteiger partial charge is 0.307 e. The molecule has 0 spiro atoms. The molecule has 1 amide bonds. The van der Waals surface area contributed by atoms with Crippen molar-refractivity contribution in [3.05, 3.63) is 29.3 Å². The molecule has 0 bridgehead atoms. The minimum absolute atomic E-state index is 0.168. The van der Waals surface area contributed by atoms with Crippen molar-refractivity contribution < 1.29 is 14.7 Å². The molecule has 2 rings (SSSR count). The van der Waals surface area contributed by atoms with Gasteiger partial charge in [-0.1, -0.05) is 18.6 Å². The number of rotatable bonds is 3. The number of aryl methyl sites for hydroxylation is 1. The van der Waals surface area contributed by atoms with E-state index in [1.54, 1.807) is 0 Å². The van der Waals surface area contributed by atoms with Gasteiger partial charge in [-0.15, -0.1) is 0 Å². The first-order valence-corrected chi connectivity index (χ1v) is 6.60. The van der Waals surface area contributed by atoms with Crippen LogP contribution in [0, 0.1) is 25.7 Å². The Bertz CT molecular complexity index is 510. The summed E-state index contributed by atoms with van der Waals surface area (Å²) in [6.45, 7) is 3.94. The van der Waals surface area contributed by atoms with Gasteiger partial charge in [-0.25, -0.2) is 0 Å². The second-order valence-corrected chi connectivity index (χ2v) is 5.22. The minimum atomic E-state index is -0.862. The highest BCUT2D eigenvalue weighted by Crippen LogP contribution is 2.33. The van der Waals surface area contributed by atoms with Gasteiger partial charge in [0.15, 0.2) is 0 Å². The van der Waals surface area contributed by atoms with Crippen LogP contribution in [0.1, 0.15) is 30.4 Å². The van der Waals surface area contributed by atoms with Crippen LogP contribution < -0.4 is 5.32 Å². The molecule has 1 aliphatic carbocycles. The first kappa shape index (κ1) is 13.6. The van der Waals surface area contributed by atoms with Gasteiger partial charge in [-0.05, 0) is 43.9 Å². The Balaban J connectivity index is 2.13. The van der Waals surface area contributed by atoms with Crippen LogP contribution in [0.3, 0.4) is 0 Å². The summed E-state index contributed by atoms with van der Waals surface area (Å²) in [5, 5.41) is 12.0. The van der Waals surface area contributed by atoms with Gasteiger partial charge in [0.2, 0.25) is 5.91 Å². The van der Waals surface area contributed by atoms with Crippen molar-refractivity contribution in [3.8, 4) is 0 Å². The highest BCUT2D eigenvalue weighted by Gasteiger charge is 2.37. The van der Waals surface area contributed by atoms with E-state index in [0.29, 0.717) is 12.8 Å². The van der Waals surface area contributed by atoms with Gasteiger partial charge in [0.05, 0.1) is 11.8 Å². The molecule has 1 fully saturated rings. The van der Waals surface area contributed by atoms with Crippen LogP contribution in [0.25, 0.3) is 0 Å². The summed E-state index contributed by atoms with van der Waals surface area (Å²) in [6, 6.07) is 5.73. The Hall–Kier alpha value is -1.84. The topological polar surface area (TPSA) is 66.4 Å². The average molecular weight is 261 g/mol. The van der Waals surface area contributed by atoms with Crippen molar-refractivity contribution in [1.82, 2.24) is 0 Å². The lowest BCUT2D eigenvalue weighted by Crippen LogP contribution is -2.30. The normalized spacial score (nSPS) is 22.2. The zero-order chi connectivity index (χ0) is 14.0. The van der Waals surface area contributed by atoms with Crippen molar-refractivity contribution in [2.75, 3.05) is 5.32 Å². The van der Waals surface area contributed by atoms with Gasteiger partial charge in [0, 0.05) is 5.69 Å². The zero-order valence-corrected chi connectivity index (χ0v) is 11.3. The number of nitrogens with one attached hydrogen (secondary N) is 1. The summed E-state index contributed by atoms with van der Waals surface area (Å²) in [5.41, 5.74) is 2.92. The third-order valence-corrected chi connectivity index (χ3v) is 4.03. The third-order valence-electron chi connectivity index (χ3n) is 4.03. The van der Waals surface area contributed by atoms with Crippen LogP contribution in [0.2, 0.25) is 0 Å². The number of carboxylic acids is 1. The molecule has 0 heterocycles. The van der Waals surface area contributed by atoms with Crippen LogP contribution in [-0.2, 0) is 9.59 Å². The molecular formula is C15H19NO3. The predicted molar refractivity (Wildman–Crippen MR) is 73.0 cm³/mol. The van der Waals surface area contributed by atoms with Crippen LogP contribution >= 0.6 is 0 Å². The van der Waals surface area contributed by atoms with E-state index >= 15 is 0 Å². The first-order chi connectivity index (χ1) is 9.00. The fourth-order valence-electron chi connectivity index (χ4n) is 2.68. The molecule has 4 heteroatoms. The van der Waals surface area contributed by atoms with Crippen molar-refractivity contribution in [2.45, 2.75) is 33.1 Å². The number of carbonyl (C=O) groups excluding carboxylic acids is 1. The van der Waals surface area contributed by atoms with E-state index in [0.717, 1.165) is 23.2 Å². The molecule has 1 aliphatic rings. The monoisotopic (exact) mass is 261 g/mol. The largest absolute Gasteiger partial charge is 0.481 e. The number of carbonyl (C=O) groups is 2. The van der Waals surface area contributed by atoms with Crippen LogP contribution in [-0.4, -0.2) is 17.0 Å². The molecule has 2 unspecified atom stereocenters. The Kier molecular flexibility index (Phi) is 3.88. The Morgan fingerprint density at radius 2 is 1.89 bits per heavy atom. The average Bonchev–Trinajstić information content (AvgIpc) is 2.84. The highest BCUT2D eigenvalue weighted by atomic mass is 16.4. The van der Waals surface area contributed by atoms with E-state index in [4.69, 9.17) is 5.11 Å². The molecule has 0 aliphatic heterocycles. The molecular weight excluding hydrogens is 242 g/mol. The molecule has 1 saturated carbocycles. The SMILES string of the molecule is Cc1cccc(NC(=O)C2CCCC2C(=O)O)c1C. The van der Waals surface area contributed by atoms with Gasteiger partial charge < -0.3 is 10.4 Å². The number of hydrogen-bond acceptors (Lipinski definition) is 2. The number of anilines is 1. The lowest BCUT2D eigenvalue weighted by molar-refractivity contribution is -0.145. The molecule has 0 aromatic heterocycles. The number of amides is 1. The highest BCUT2D eigenvalue weighted by molar-refractivity contribution is 5.96. The minimum Gasteiger partial charge on any atom is -0.481 e. The lowest BCUT2D eigenvalue weighted by atomic mass is 9.95. The summed E-state index contributed by atoms with van der Waals surface area (Å²) in [5.74, 6) is -1.97. The molecule has 2 N–H and O–H groups in total. The van der Waals surface area contributed by atoms with Gasteiger partial charge >= 0.3 is 5.97 Å². The van der Waals surface area contributed by atoms with Gasteiger partial charge in [0.1, 0.15) is 0 Å². The third kappa shape index (κ3) is 2.78. The van der Waals surface area contributed by atoms with E-state index in [1.165, 1.54) is 0 Å². The van der Waals surface area contributed by atoms with Crippen molar-refractivity contribution in [2.24, 2.45) is 11.8 Å². The van der Waals surface area contributed by atoms with Gasteiger partial charge in [-0.2, -0.15) is 0 Å². The molecule has 4 nitrogen and oxygen atoms in total. The fourth-order valence-corrected chi connectivity index (χ4v) is 2.68. The van der Waals surface area contributed by atoms with E-state index in [1.807, 2.05) is 32.0 Å². The number of aliphatic carboxylic acids is 1. The Morgan fingerprint density at radius 1 is 1.21 bits per heavy atom. The van der Waals surface area contributed by atoms with E-state index in [2.05, 4.69) is 5.32 Å². The maximum Gasteiger partial charge on any atom is 0.307 e. The van der Waals surface area contributed by atoms with Crippen LogP contribution in [0.5, 0.6) is 0 Å².